The predicted octanol–water partition coefficient (Wildman–Crippen LogP) is 4.87. The average molecular weight is 347 g/mol. The summed E-state index contributed by atoms with van der Waals surface area (Å²) in [6, 6.07) is 0. The van der Waals surface area contributed by atoms with Crippen LogP contribution in [-0.4, -0.2) is 22.7 Å². The van der Waals surface area contributed by atoms with Crippen molar-refractivity contribution in [2.45, 2.75) is 85.7 Å². The third kappa shape index (κ3) is 3.89. The zero-order valence-electron chi connectivity index (χ0n) is 16.6. The average Bonchev–Trinajstić information content (AvgIpc) is 2.45. The second-order valence-electron chi connectivity index (χ2n) is 7.77. The van der Waals surface area contributed by atoms with Crippen LogP contribution in [-0.2, 0) is 11.2 Å². The summed E-state index contributed by atoms with van der Waals surface area (Å²) < 4.78 is 5.27. The number of carbonyl (C=O) groups is 1. The van der Waals surface area contributed by atoms with Gasteiger partial charge in [-0.2, -0.15) is 0 Å². The lowest BCUT2D eigenvalue weighted by atomic mass is 9.72. The number of aliphatic hydroxyl groups excluding tert-OH is 1. The molecule has 1 aromatic heterocycles. The Morgan fingerprint density at radius 1 is 1.32 bits per heavy atom. The standard InChI is InChI=1S/C19H27NO3.C2H6/c1-5-23-18(22)16-11(2)15-13(9-19(3,4)10-14(15)21)20-17(16)12-7-6-8-12;1-2/h12,14,21H,5-10H2,1-4H3;1-2H3. The van der Waals surface area contributed by atoms with Crippen molar-refractivity contribution in [3.8, 4) is 0 Å². The summed E-state index contributed by atoms with van der Waals surface area (Å²) in [5.41, 5.74) is 4.24. The van der Waals surface area contributed by atoms with Gasteiger partial charge < -0.3 is 9.84 Å². The van der Waals surface area contributed by atoms with E-state index in [9.17, 15) is 9.90 Å². The first-order valence-corrected chi connectivity index (χ1v) is 9.72. The maximum absolute atomic E-state index is 12.5. The molecular formula is C21H33NO3. The number of hydrogen-bond acceptors (Lipinski definition) is 4. The van der Waals surface area contributed by atoms with Crippen molar-refractivity contribution in [2.24, 2.45) is 5.41 Å². The summed E-state index contributed by atoms with van der Waals surface area (Å²) in [5, 5.41) is 10.6. The zero-order valence-corrected chi connectivity index (χ0v) is 16.6. The molecule has 0 bridgehead atoms. The largest absolute Gasteiger partial charge is 0.462 e. The number of fused-ring (bicyclic) bond motifs is 1. The van der Waals surface area contributed by atoms with E-state index in [0.29, 0.717) is 24.5 Å². The first kappa shape index (κ1) is 19.9. The van der Waals surface area contributed by atoms with Gasteiger partial charge in [0.1, 0.15) is 0 Å². The molecule has 1 saturated carbocycles. The number of esters is 1. The third-order valence-electron chi connectivity index (χ3n) is 5.30. The molecule has 1 atom stereocenters. The van der Waals surface area contributed by atoms with Gasteiger partial charge in [-0.15, -0.1) is 0 Å². The van der Waals surface area contributed by atoms with Crippen LogP contribution in [0.5, 0.6) is 0 Å². The third-order valence-corrected chi connectivity index (χ3v) is 5.30. The molecule has 1 N–H and O–H groups in total. The van der Waals surface area contributed by atoms with Gasteiger partial charge in [0.15, 0.2) is 0 Å². The van der Waals surface area contributed by atoms with Crippen LogP contribution in [0.15, 0.2) is 0 Å². The normalized spacial score (nSPS) is 21.5. The lowest BCUT2D eigenvalue weighted by Gasteiger charge is -2.37. The summed E-state index contributed by atoms with van der Waals surface area (Å²) in [6.45, 7) is 12.4. The van der Waals surface area contributed by atoms with Crippen LogP contribution in [0.25, 0.3) is 0 Å². The lowest BCUT2D eigenvalue weighted by Crippen LogP contribution is -2.30. The zero-order chi connectivity index (χ0) is 18.8. The molecule has 25 heavy (non-hydrogen) atoms. The minimum Gasteiger partial charge on any atom is -0.462 e. The second kappa shape index (κ2) is 7.86. The highest BCUT2D eigenvalue weighted by molar-refractivity contribution is 5.93. The smallest absolute Gasteiger partial charge is 0.340 e. The fourth-order valence-electron chi connectivity index (χ4n) is 3.97. The molecule has 1 heterocycles. The van der Waals surface area contributed by atoms with Gasteiger partial charge in [-0.3, -0.25) is 4.98 Å². The van der Waals surface area contributed by atoms with Crippen LogP contribution in [0, 0.1) is 12.3 Å². The molecule has 0 radical (unpaired) electrons. The van der Waals surface area contributed by atoms with Crippen molar-refractivity contribution in [3.05, 3.63) is 28.1 Å². The van der Waals surface area contributed by atoms with Crippen LogP contribution >= 0.6 is 0 Å². The molecule has 4 nitrogen and oxygen atoms in total. The van der Waals surface area contributed by atoms with E-state index in [1.165, 1.54) is 6.42 Å². The Kier molecular flexibility index (Phi) is 6.26. The maximum Gasteiger partial charge on any atom is 0.340 e. The molecular weight excluding hydrogens is 314 g/mol. The van der Waals surface area contributed by atoms with Gasteiger partial charge in [-0.1, -0.05) is 34.1 Å². The van der Waals surface area contributed by atoms with Crippen molar-refractivity contribution >= 4 is 5.97 Å². The van der Waals surface area contributed by atoms with Gasteiger partial charge in [0.05, 0.1) is 24.0 Å². The Hall–Kier alpha value is -1.42. The van der Waals surface area contributed by atoms with Gasteiger partial charge in [0.2, 0.25) is 0 Å². The Labute approximate surface area is 152 Å². The number of rotatable bonds is 3. The van der Waals surface area contributed by atoms with Crippen molar-refractivity contribution in [2.75, 3.05) is 6.61 Å². The van der Waals surface area contributed by atoms with Crippen LogP contribution in [0.4, 0.5) is 0 Å². The summed E-state index contributed by atoms with van der Waals surface area (Å²) >= 11 is 0. The van der Waals surface area contributed by atoms with Gasteiger partial charge in [0, 0.05) is 17.2 Å². The number of carbonyl (C=O) groups excluding carboxylic acids is 1. The van der Waals surface area contributed by atoms with E-state index in [2.05, 4.69) is 13.8 Å². The molecule has 0 aliphatic heterocycles. The number of ether oxygens (including phenoxy) is 1. The topological polar surface area (TPSA) is 59.4 Å². The number of aromatic nitrogens is 1. The second-order valence-corrected chi connectivity index (χ2v) is 7.77. The fourth-order valence-corrected chi connectivity index (χ4v) is 3.97. The fraction of sp³-hybridized carbons (Fsp3) is 0.714. The molecule has 0 spiro atoms. The lowest BCUT2D eigenvalue weighted by molar-refractivity contribution is 0.0520. The quantitative estimate of drug-likeness (QED) is 0.793. The molecule has 3 rings (SSSR count). The van der Waals surface area contributed by atoms with Crippen LogP contribution < -0.4 is 0 Å². The molecule has 0 amide bonds. The van der Waals surface area contributed by atoms with Crippen molar-refractivity contribution in [3.63, 3.8) is 0 Å². The Bertz CT molecular complexity index is 633. The monoisotopic (exact) mass is 347 g/mol. The summed E-state index contributed by atoms with van der Waals surface area (Å²) in [5.74, 6) is 0.0693. The van der Waals surface area contributed by atoms with E-state index < -0.39 is 6.10 Å². The van der Waals surface area contributed by atoms with E-state index >= 15 is 0 Å². The van der Waals surface area contributed by atoms with Gasteiger partial charge in [-0.05, 0) is 50.5 Å². The SMILES string of the molecule is CC.CCOC(=O)c1c(C2CCC2)nc2c(c1C)C(O)CC(C)(C)C2. The van der Waals surface area contributed by atoms with Crippen LogP contribution in [0.2, 0.25) is 0 Å². The number of nitrogens with zero attached hydrogens (tertiary/aromatic N) is 1. The minimum atomic E-state index is -0.551. The highest BCUT2D eigenvalue weighted by Gasteiger charge is 2.37. The Morgan fingerprint density at radius 3 is 2.48 bits per heavy atom. The molecule has 1 unspecified atom stereocenters. The first-order chi connectivity index (χ1) is 11.8. The van der Waals surface area contributed by atoms with E-state index in [0.717, 1.165) is 41.8 Å². The Morgan fingerprint density at radius 2 is 1.96 bits per heavy atom. The van der Waals surface area contributed by atoms with Crippen LogP contribution in [0.1, 0.15) is 105 Å². The number of pyridine rings is 1. The highest BCUT2D eigenvalue weighted by Crippen LogP contribution is 2.45. The molecule has 140 valence electrons. The molecule has 0 aromatic carbocycles. The van der Waals surface area contributed by atoms with Gasteiger partial charge in [-0.25, -0.2) is 4.79 Å². The van der Waals surface area contributed by atoms with Gasteiger partial charge >= 0.3 is 5.97 Å². The van der Waals surface area contributed by atoms with Crippen molar-refractivity contribution < 1.29 is 14.6 Å². The Balaban J connectivity index is 0.00000109. The minimum absolute atomic E-state index is 0.0359. The number of aliphatic hydroxyl groups is 1. The van der Waals surface area contributed by atoms with Crippen molar-refractivity contribution in [1.29, 1.82) is 0 Å². The number of hydrogen-bond donors (Lipinski definition) is 1. The van der Waals surface area contributed by atoms with E-state index in [1.807, 2.05) is 27.7 Å². The summed E-state index contributed by atoms with van der Waals surface area (Å²) in [4.78, 5) is 17.4. The molecule has 4 heteroatoms. The van der Waals surface area contributed by atoms with Crippen molar-refractivity contribution in [1.82, 2.24) is 4.98 Å². The molecule has 0 saturated heterocycles. The predicted molar refractivity (Wildman–Crippen MR) is 99.9 cm³/mol. The van der Waals surface area contributed by atoms with Crippen LogP contribution in [0.3, 0.4) is 0 Å². The maximum atomic E-state index is 12.5. The summed E-state index contributed by atoms with van der Waals surface area (Å²) in [6.07, 6.45) is 4.37. The highest BCUT2D eigenvalue weighted by atomic mass is 16.5. The molecule has 1 aromatic rings. The molecule has 2 aliphatic rings. The first-order valence-electron chi connectivity index (χ1n) is 9.72. The van der Waals surface area contributed by atoms with E-state index in [4.69, 9.17) is 9.72 Å². The molecule has 2 aliphatic carbocycles. The van der Waals surface area contributed by atoms with Gasteiger partial charge in [0.25, 0.3) is 0 Å². The van der Waals surface area contributed by atoms with E-state index in [1.54, 1.807) is 0 Å². The summed E-state index contributed by atoms with van der Waals surface area (Å²) in [7, 11) is 0. The van der Waals surface area contributed by atoms with E-state index in [-0.39, 0.29) is 11.4 Å². The molecule has 1 fully saturated rings.